The molecule has 3 atom stereocenters. The fourth-order valence-electron chi connectivity index (χ4n) is 2.68. The van der Waals surface area contributed by atoms with E-state index in [1.165, 1.54) is 11.3 Å². The number of carbonyl (C=O) groups is 2. The molecule has 0 aromatic carbocycles. The molecule has 2 amide bonds. The van der Waals surface area contributed by atoms with E-state index >= 15 is 0 Å². The van der Waals surface area contributed by atoms with Gasteiger partial charge in [-0.05, 0) is 11.4 Å². The number of imide groups is 1. The number of thiophene rings is 1. The summed E-state index contributed by atoms with van der Waals surface area (Å²) in [7, 11) is 0. The molecule has 5 nitrogen and oxygen atoms in total. The van der Waals surface area contributed by atoms with Gasteiger partial charge < -0.3 is 0 Å². The average Bonchev–Trinajstić information content (AvgIpc) is 2.63. The van der Waals surface area contributed by atoms with Gasteiger partial charge >= 0.3 is 0 Å². The molecule has 1 aromatic rings. The fourth-order valence-corrected chi connectivity index (χ4v) is 3.65. The fraction of sp³-hybridized carbons (Fsp3) is 0.273. The van der Waals surface area contributed by atoms with Gasteiger partial charge in [-0.15, -0.1) is 11.3 Å². The Kier molecular flexibility index (Phi) is 1.61. The Bertz CT molecular complexity index is 586. The van der Waals surface area contributed by atoms with Gasteiger partial charge in [0, 0.05) is 4.88 Å². The molecule has 1 aliphatic heterocycles. The van der Waals surface area contributed by atoms with Gasteiger partial charge in [0.2, 0.25) is 11.8 Å². The van der Waals surface area contributed by atoms with E-state index in [1.54, 1.807) is 17.5 Å². The molecule has 1 saturated heterocycles. The first kappa shape index (κ1) is 10.0. The summed E-state index contributed by atoms with van der Waals surface area (Å²) in [4.78, 5) is 24.2. The summed E-state index contributed by atoms with van der Waals surface area (Å²) in [6, 6.07) is 7.26. The lowest BCUT2D eigenvalue weighted by Crippen LogP contribution is -2.31. The smallest absolute Gasteiger partial charge is 0.250 e. The third-order valence-corrected chi connectivity index (χ3v) is 4.47. The van der Waals surface area contributed by atoms with E-state index < -0.39 is 28.6 Å². The Morgan fingerprint density at radius 2 is 1.82 bits per heavy atom. The Hall–Kier alpha value is -2.18. The van der Waals surface area contributed by atoms with E-state index in [2.05, 4.69) is 5.32 Å². The Balaban J connectivity index is 2.23. The van der Waals surface area contributed by atoms with Crippen LogP contribution in [0.25, 0.3) is 0 Å². The third-order valence-electron chi connectivity index (χ3n) is 3.53. The summed E-state index contributed by atoms with van der Waals surface area (Å²) in [5.41, 5.74) is -3.05. The molecule has 0 radical (unpaired) electrons. The number of hydrogen-bond donors (Lipinski definition) is 1. The Labute approximate surface area is 100 Å². The van der Waals surface area contributed by atoms with Crippen LogP contribution in [0.3, 0.4) is 0 Å². The predicted molar refractivity (Wildman–Crippen MR) is 56.3 cm³/mol. The van der Waals surface area contributed by atoms with Gasteiger partial charge in [-0.2, -0.15) is 10.5 Å². The van der Waals surface area contributed by atoms with Gasteiger partial charge in [-0.3, -0.25) is 14.9 Å². The van der Waals surface area contributed by atoms with E-state index in [0.29, 0.717) is 0 Å². The molecule has 0 spiro atoms. The first-order chi connectivity index (χ1) is 8.15. The molecule has 2 fully saturated rings. The number of fused-ring (bicyclic) bond motifs is 1. The van der Waals surface area contributed by atoms with Crippen LogP contribution in [-0.4, -0.2) is 11.8 Å². The summed E-state index contributed by atoms with van der Waals surface area (Å²) in [5, 5.41) is 22.3. The van der Waals surface area contributed by atoms with Crippen LogP contribution < -0.4 is 5.32 Å². The summed E-state index contributed by atoms with van der Waals surface area (Å²) >= 11 is 1.35. The Morgan fingerprint density at radius 1 is 1.24 bits per heavy atom. The zero-order chi connectivity index (χ0) is 12.3. The van der Waals surface area contributed by atoms with Crippen LogP contribution >= 0.6 is 11.3 Å². The molecule has 82 valence electrons. The molecule has 1 aliphatic carbocycles. The van der Waals surface area contributed by atoms with Crippen molar-refractivity contribution in [3.63, 3.8) is 0 Å². The highest BCUT2D eigenvalue weighted by molar-refractivity contribution is 7.10. The SMILES string of the molecule is N#C[C@@]12C(=O)NC(=O)[C@]1(C#N)C2c1cccs1. The number of carbonyl (C=O) groups excluding carboxylic acids is 2. The highest BCUT2D eigenvalue weighted by Gasteiger charge is 2.91. The summed E-state index contributed by atoms with van der Waals surface area (Å²) in [6.45, 7) is 0. The van der Waals surface area contributed by atoms with Gasteiger partial charge in [0.15, 0.2) is 10.8 Å². The molecule has 3 rings (SSSR count). The molecule has 1 aromatic heterocycles. The molecule has 2 heterocycles. The number of hydrogen-bond acceptors (Lipinski definition) is 5. The Morgan fingerprint density at radius 3 is 2.24 bits per heavy atom. The predicted octanol–water partition coefficient (Wildman–Crippen LogP) is 0.522. The van der Waals surface area contributed by atoms with Gasteiger partial charge in [-0.1, -0.05) is 6.07 Å². The minimum Gasteiger partial charge on any atom is -0.293 e. The van der Waals surface area contributed by atoms with Gasteiger partial charge in [-0.25, -0.2) is 0 Å². The molecule has 17 heavy (non-hydrogen) atoms. The standard InChI is InChI=1S/C11H5N3O2S/c12-4-10-7(6-2-1-3-17-6)11(10,5-13)9(16)14-8(10)15/h1-3,7H,(H,14,15,16)/t7?,10-,11+. The molecule has 0 bridgehead atoms. The van der Waals surface area contributed by atoms with Crippen molar-refractivity contribution in [1.29, 1.82) is 10.5 Å². The van der Waals surface area contributed by atoms with Crippen LogP contribution in [0.1, 0.15) is 10.8 Å². The molecule has 6 heteroatoms. The number of amides is 2. The van der Waals surface area contributed by atoms with E-state index in [-0.39, 0.29) is 0 Å². The van der Waals surface area contributed by atoms with Crippen molar-refractivity contribution in [2.45, 2.75) is 5.92 Å². The second-order valence-electron chi connectivity index (χ2n) is 4.07. The molecular weight excluding hydrogens is 238 g/mol. The van der Waals surface area contributed by atoms with Crippen LogP contribution in [0.4, 0.5) is 0 Å². The first-order valence-corrected chi connectivity index (χ1v) is 5.75. The molecule has 1 unspecified atom stereocenters. The van der Waals surface area contributed by atoms with Crippen LogP contribution in [0.5, 0.6) is 0 Å². The summed E-state index contributed by atoms with van der Waals surface area (Å²) < 4.78 is 0. The lowest BCUT2D eigenvalue weighted by molar-refractivity contribution is -0.128. The second-order valence-corrected chi connectivity index (χ2v) is 5.05. The zero-order valence-electron chi connectivity index (χ0n) is 8.43. The van der Waals surface area contributed by atoms with Crippen molar-refractivity contribution in [3.05, 3.63) is 22.4 Å². The van der Waals surface area contributed by atoms with Crippen LogP contribution in [0.15, 0.2) is 17.5 Å². The lowest BCUT2D eigenvalue weighted by atomic mass is 9.98. The molecule has 1 N–H and O–H groups in total. The normalized spacial score (nSPS) is 37.9. The maximum Gasteiger partial charge on any atom is 0.250 e. The van der Waals surface area contributed by atoms with Crippen molar-refractivity contribution in [3.8, 4) is 12.1 Å². The summed E-state index contributed by atoms with van der Waals surface area (Å²) in [5.74, 6) is -1.92. The topological polar surface area (TPSA) is 93.8 Å². The lowest BCUT2D eigenvalue weighted by Gasteiger charge is -2.04. The highest BCUT2D eigenvalue weighted by Crippen LogP contribution is 2.76. The number of rotatable bonds is 1. The number of nitrogens with one attached hydrogen (secondary N) is 1. The number of nitriles is 2. The molecule has 1 saturated carbocycles. The third kappa shape index (κ3) is 0.778. The van der Waals surface area contributed by atoms with E-state index in [4.69, 9.17) is 0 Å². The van der Waals surface area contributed by atoms with Gasteiger partial charge in [0.05, 0.1) is 18.1 Å². The maximum absolute atomic E-state index is 11.7. The van der Waals surface area contributed by atoms with Gasteiger partial charge in [0.1, 0.15) is 0 Å². The number of nitrogens with zero attached hydrogens (tertiary/aromatic N) is 2. The molecular formula is C11H5N3O2S. The minimum atomic E-state index is -1.52. The van der Waals surface area contributed by atoms with Crippen molar-refractivity contribution in [2.24, 2.45) is 10.8 Å². The second kappa shape index (κ2) is 2.73. The quantitative estimate of drug-likeness (QED) is 0.727. The van der Waals surface area contributed by atoms with Crippen molar-refractivity contribution in [1.82, 2.24) is 5.32 Å². The number of piperidine rings is 1. The van der Waals surface area contributed by atoms with Crippen molar-refractivity contribution >= 4 is 23.2 Å². The average molecular weight is 243 g/mol. The molecule has 2 aliphatic rings. The van der Waals surface area contributed by atoms with Crippen LogP contribution in [-0.2, 0) is 9.59 Å². The highest BCUT2D eigenvalue weighted by atomic mass is 32.1. The van der Waals surface area contributed by atoms with Crippen molar-refractivity contribution in [2.75, 3.05) is 0 Å². The monoisotopic (exact) mass is 243 g/mol. The van der Waals surface area contributed by atoms with Gasteiger partial charge in [0.25, 0.3) is 0 Å². The van der Waals surface area contributed by atoms with E-state index in [1.807, 2.05) is 12.1 Å². The van der Waals surface area contributed by atoms with Crippen molar-refractivity contribution < 1.29 is 9.59 Å². The largest absolute Gasteiger partial charge is 0.293 e. The van der Waals surface area contributed by atoms with Crippen LogP contribution in [0.2, 0.25) is 0 Å². The maximum atomic E-state index is 11.7. The van der Waals surface area contributed by atoms with E-state index in [9.17, 15) is 20.1 Å². The zero-order valence-corrected chi connectivity index (χ0v) is 9.25. The summed E-state index contributed by atoms with van der Waals surface area (Å²) in [6.07, 6.45) is 0. The first-order valence-electron chi connectivity index (χ1n) is 4.87. The van der Waals surface area contributed by atoms with E-state index in [0.717, 1.165) is 4.88 Å². The van der Waals surface area contributed by atoms with Crippen LogP contribution in [0, 0.1) is 33.5 Å². The minimum absolute atomic E-state index is 0.619.